The number of aromatic nitrogens is 1. The fourth-order valence-corrected chi connectivity index (χ4v) is 2.21. The van der Waals surface area contributed by atoms with E-state index in [1.807, 2.05) is 24.4 Å². The summed E-state index contributed by atoms with van der Waals surface area (Å²) in [5, 5.41) is 1.14. The molecule has 3 heteroatoms. The van der Waals surface area contributed by atoms with Crippen LogP contribution in [0, 0.1) is 5.92 Å². The zero-order valence-electron chi connectivity index (χ0n) is 11.0. The number of ether oxygens (including phenoxy) is 1. The van der Waals surface area contributed by atoms with Gasteiger partial charge in [-0.25, -0.2) is 0 Å². The third-order valence-electron chi connectivity index (χ3n) is 3.15. The minimum absolute atomic E-state index is 0.0206. The van der Waals surface area contributed by atoms with Crippen molar-refractivity contribution in [2.24, 2.45) is 11.7 Å². The van der Waals surface area contributed by atoms with E-state index in [2.05, 4.69) is 24.0 Å². The lowest BCUT2D eigenvalue weighted by atomic mass is 9.97. The molecule has 0 amide bonds. The number of nitrogens with two attached hydrogens (primary N) is 1. The predicted octanol–water partition coefficient (Wildman–Crippen LogP) is 2.91. The molecule has 2 N–H and O–H groups in total. The molecule has 0 fully saturated rings. The molecule has 0 aliphatic heterocycles. The molecule has 0 aliphatic carbocycles. The highest BCUT2D eigenvalue weighted by Gasteiger charge is 2.12. The average Bonchev–Trinajstić information content (AvgIpc) is 2.38. The number of hydrogen-bond acceptors (Lipinski definition) is 3. The summed E-state index contributed by atoms with van der Waals surface area (Å²) < 4.78 is 5.14. The molecule has 0 radical (unpaired) electrons. The van der Waals surface area contributed by atoms with Gasteiger partial charge in [-0.2, -0.15) is 0 Å². The van der Waals surface area contributed by atoms with Crippen molar-refractivity contribution in [2.45, 2.75) is 19.4 Å². The Balaban J connectivity index is 2.15. The van der Waals surface area contributed by atoms with Gasteiger partial charge in [-0.05, 0) is 30.0 Å². The van der Waals surface area contributed by atoms with Crippen LogP contribution in [0.15, 0.2) is 36.5 Å². The van der Waals surface area contributed by atoms with Gasteiger partial charge >= 0.3 is 0 Å². The topological polar surface area (TPSA) is 48.1 Å². The van der Waals surface area contributed by atoms with E-state index < -0.39 is 0 Å². The minimum atomic E-state index is 0.0206. The van der Waals surface area contributed by atoms with Gasteiger partial charge in [0.25, 0.3) is 0 Å². The number of methoxy groups -OCH3 is 1. The van der Waals surface area contributed by atoms with Crippen LogP contribution in [0.5, 0.6) is 0 Å². The van der Waals surface area contributed by atoms with Crippen LogP contribution in [0.2, 0.25) is 0 Å². The van der Waals surface area contributed by atoms with E-state index in [1.165, 1.54) is 0 Å². The van der Waals surface area contributed by atoms with Crippen molar-refractivity contribution in [1.82, 2.24) is 4.98 Å². The van der Waals surface area contributed by atoms with Gasteiger partial charge in [-0.15, -0.1) is 0 Å². The first kappa shape index (κ1) is 13.0. The second kappa shape index (κ2) is 5.94. The molecule has 0 saturated heterocycles. The molecule has 1 heterocycles. The highest BCUT2D eigenvalue weighted by molar-refractivity contribution is 5.78. The zero-order valence-corrected chi connectivity index (χ0v) is 11.0. The monoisotopic (exact) mass is 244 g/mol. The number of rotatable bonds is 5. The Morgan fingerprint density at radius 2 is 2.11 bits per heavy atom. The second-order valence-corrected chi connectivity index (χ2v) is 4.86. The smallest absolute Gasteiger partial charge is 0.0702 e. The number of benzene rings is 1. The van der Waals surface area contributed by atoms with Gasteiger partial charge in [0, 0.05) is 31.3 Å². The predicted molar refractivity (Wildman–Crippen MR) is 74.3 cm³/mol. The van der Waals surface area contributed by atoms with Gasteiger partial charge in [-0.1, -0.05) is 25.1 Å². The number of pyridine rings is 1. The standard InChI is InChI=1S/C15H20N2O/c1-11(10-18-2)7-14(16)13-8-12-5-3-4-6-15(12)17-9-13/h3-6,8-9,11,14H,7,10,16H2,1-2H3. The van der Waals surface area contributed by atoms with Crippen LogP contribution in [0.25, 0.3) is 10.9 Å². The second-order valence-electron chi connectivity index (χ2n) is 4.86. The third-order valence-corrected chi connectivity index (χ3v) is 3.15. The molecule has 3 nitrogen and oxygen atoms in total. The van der Waals surface area contributed by atoms with Gasteiger partial charge in [0.1, 0.15) is 0 Å². The van der Waals surface area contributed by atoms with Crippen molar-refractivity contribution in [3.05, 3.63) is 42.1 Å². The van der Waals surface area contributed by atoms with Crippen LogP contribution >= 0.6 is 0 Å². The van der Waals surface area contributed by atoms with Crippen LogP contribution in [0.4, 0.5) is 0 Å². The maximum atomic E-state index is 6.22. The van der Waals surface area contributed by atoms with E-state index in [0.717, 1.165) is 29.5 Å². The maximum absolute atomic E-state index is 6.22. The quantitative estimate of drug-likeness (QED) is 0.879. The van der Waals surface area contributed by atoms with Gasteiger partial charge in [0.05, 0.1) is 5.52 Å². The summed E-state index contributed by atoms with van der Waals surface area (Å²) in [5.41, 5.74) is 8.33. The lowest BCUT2D eigenvalue weighted by molar-refractivity contribution is 0.152. The first-order valence-electron chi connectivity index (χ1n) is 6.30. The molecule has 2 atom stereocenters. The molecule has 1 aromatic carbocycles. The summed E-state index contributed by atoms with van der Waals surface area (Å²) in [4.78, 5) is 4.44. The molecule has 2 unspecified atom stereocenters. The van der Waals surface area contributed by atoms with Gasteiger partial charge in [0.15, 0.2) is 0 Å². The van der Waals surface area contributed by atoms with Crippen LogP contribution in [-0.4, -0.2) is 18.7 Å². The molecule has 0 aliphatic rings. The molecule has 96 valence electrons. The summed E-state index contributed by atoms with van der Waals surface area (Å²) in [5.74, 6) is 0.455. The highest BCUT2D eigenvalue weighted by atomic mass is 16.5. The van der Waals surface area contributed by atoms with Crippen LogP contribution in [-0.2, 0) is 4.74 Å². The number of hydrogen-bond donors (Lipinski definition) is 1. The van der Waals surface area contributed by atoms with Crippen molar-refractivity contribution < 1.29 is 4.74 Å². The molecule has 0 saturated carbocycles. The van der Waals surface area contributed by atoms with Crippen LogP contribution < -0.4 is 5.73 Å². The van der Waals surface area contributed by atoms with E-state index in [-0.39, 0.29) is 6.04 Å². The van der Waals surface area contributed by atoms with Gasteiger partial charge < -0.3 is 10.5 Å². The Labute approximate surface area is 108 Å². The van der Waals surface area contributed by atoms with Gasteiger partial charge in [0.2, 0.25) is 0 Å². The van der Waals surface area contributed by atoms with Crippen molar-refractivity contribution in [2.75, 3.05) is 13.7 Å². The first-order chi connectivity index (χ1) is 8.70. The highest BCUT2D eigenvalue weighted by Crippen LogP contribution is 2.21. The normalized spacial score (nSPS) is 14.6. The third kappa shape index (κ3) is 3.06. The van der Waals surface area contributed by atoms with Crippen molar-refractivity contribution >= 4 is 10.9 Å². The summed E-state index contributed by atoms with van der Waals surface area (Å²) >= 11 is 0. The maximum Gasteiger partial charge on any atom is 0.0702 e. The molecular weight excluding hydrogens is 224 g/mol. The van der Waals surface area contributed by atoms with Crippen molar-refractivity contribution in [1.29, 1.82) is 0 Å². The Morgan fingerprint density at radius 1 is 1.33 bits per heavy atom. The Hall–Kier alpha value is -1.45. The van der Waals surface area contributed by atoms with E-state index in [1.54, 1.807) is 7.11 Å². The summed E-state index contributed by atoms with van der Waals surface area (Å²) in [7, 11) is 1.72. The SMILES string of the molecule is COCC(C)CC(N)c1cnc2ccccc2c1. The van der Waals surface area contributed by atoms with Gasteiger partial charge in [-0.3, -0.25) is 4.98 Å². The first-order valence-corrected chi connectivity index (χ1v) is 6.30. The average molecular weight is 244 g/mol. The van der Waals surface area contributed by atoms with E-state index in [4.69, 9.17) is 10.5 Å². The van der Waals surface area contributed by atoms with E-state index in [9.17, 15) is 0 Å². The molecular formula is C15H20N2O. The molecule has 2 rings (SSSR count). The Morgan fingerprint density at radius 3 is 2.89 bits per heavy atom. The number of para-hydroxylation sites is 1. The van der Waals surface area contributed by atoms with E-state index in [0.29, 0.717) is 5.92 Å². The number of nitrogens with zero attached hydrogens (tertiary/aromatic N) is 1. The Bertz CT molecular complexity index is 513. The molecule has 2 aromatic rings. The minimum Gasteiger partial charge on any atom is -0.384 e. The van der Waals surface area contributed by atoms with Crippen molar-refractivity contribution in [3.8, 4) is 0 Å². The lowest BCUT2D eigenvalue weighted by Gasteiger charge is -2.17. The fourth-order valence-electron chi connectivity index (χ4n) is 2.21. The summed E-state index contributed by atoms with van der Waals surface area (Å²) in [6.45, 7) is 2.90. The summed E-state index contributed by atoms with van der Waals surface area (Å²) in [6, 6.07) is 10.2. The summed E-state index contributed by atoms with van der Waals surface area (Å²) in [6.07, 6.45) is 2.79. The molecule has 0 bridgehead atoms. The molecule has 1 aromatic heterocycles. The fraction of sp³-hybridized carbons (Fsp3) is 0.400. The molecule has 0 spiro atoms. The van der Waals surface area contributed by atoms with E-state index >= 15 is 0 Å². The van der Waals surface area contributed by atoms with Crippen LogP contribution in [0.3, 0.4) is 0 Å². The lowest BCUT2D eigenvalue weighted by Crippen LogP contribution is -2.16. The Kier molecular flexibility index (Phi) is 4.28. The zero-order chi connectivity index (χ0) is 13.0. The van der Waals surface area contributed by atoms with Crippen LogP contribution in [0.1, 0.15) is 24.9 Å². The van der Waals surface area contributed by atoms with Crippen molar-refractivity contribution in [3.63, 3.8) is 0 Å². The number of fused-ring (bicyclic) bond motifs is 1. The largest absolute Gasteiger partial charge is 0.384 e. The molecule has 18 heavy (non-hydrogen) atoms.